The second kappa shape index (κ2) is 9.07. The molecule has 34 heavy (non-hydrogen) atoms. The van der Waals surface area contributed by atoms with Crippen LogP contribution in [0.1, 0.15) is 11.1 Å². The van der Waals surface area contributed by atoms with Gasteiger partial charge >= 0.3 is 0 Å². The minimum absolute atomic E-state index is 0.0335. The topological polar surface area (TPSA) is 81.7 Å². The quantitative estimate of drug-likeness (QED) is 0.330. The summed E-state index contributed by atoms with van der Waals surface area (Å²) in [5, 5.41) is 8.21. The summed E-state index contributed by atoms with van der Waals surface area (Å²) >= 11 is 6.04. The molecule has 3 N–H and O–H groups in total. The summed E-state index contributed by atoms with van der Waals surface area (Å²) in [6.07, 6.45) is 0. The van der Waals surface area contributed by atoms with Crippen LogP contribution in [0.5, 0.6) is 0 Å². The molecule has 3 aromatic carbocycles. The number of benzene rings is 3. The van der Waals surface area contributed by atoms with Gasteiger partial charge in [-0.2, -0.15) is 4.98 Å². The van der Waals surface area contributed by atoms with Gasteiger partial charge in [0.15, 0.2) is 5.65 Å². The van der Waals surface area contributed by atoms with E-state index < -0.39 is 5.82 Å². The average molecular weight is 477 g/mol. The van der Waals surface area contributed by atoms with Gasteiger partial charge < -0.3 is 11.1 Å². The molecule has 170 valence electrons. The first-order chi connectivity index (χ1) is 16.5. The van der Waals surface area contributed by atoms with Crippen LogP contribution < -0.4 is 11.1 Å². The lowest BCUT2D eigenvalue weighted by molar-refractivity contribution is 0.625. The highest BCUT2D eigenvalue weighted by Crippen LogP contribution is 2.33. The predicted octanol–water partition coefficient (Wildman–Crippen LogP) is 5.67. The van der Waals surface area contributed by atoms with Gasteiger partial charge in [0.2, 0.25) is 5.95 Å². The Kier molecular flexibility index (Phi) is 5.81. The van der Waals surface area contributed by atoms with Crippen molar-refractivity contribution in [2.24, 2.45) is 0 Å². The molecular formula is C25H19ClF2N6. The van der Waals surface area contributed by atoms with Gasteiger partial charge in [-0.15, -0.1) is 5.10 Å². The Balaban J connectivity index is 1.60. The fraction of sp³-hybridized carbons (Fsp3) is 0.0800. The fourth-order valence-corrected chi connectivity index (χ4v) is 3.87. The normalized spacial score (nSPS) is 11.1. The van der Waals surface area contributed by atoms with E-state index in [1.807, 2.05) is 30.3 Å². The van der Waals surface area contributed by atoms with Gasteiger partial charge in [-0.1, -0.05) is 54.1 Å². The maximum Gasteiger partial charge on any atom is 0.225 e. The summed E-state index contributed by atoms with van der Waals surface area (Å²) in [4.78, 5) is 9.16. The van der Waals surface area contributed by atoms with Crippen LogP contribution in [0.3, 0.4) is 0 Å². The number of nitrogens with two attached hydrogens (primary N) is 1. The second-order valence-electron chi connectivity index (χ2n) is 7.74. The van der Waals surface area contributed by atoms with Crippen LogP contribution in [0, 0.1) is 11.6 Å². The van der Waals surface area contributed by atoms with E-state index in [1.165, 1.54) is 24.3 Å². The van der Waals surface area contributed by atoms with Crippen LogP contribution in [0.25, 0.3) is 22.3 Å². The van der Waals surface area contributed by atoms with Crippen LogP contribution in [0.15, 0.2) is 72.8 Å². The molecule has 0 bridgehead atoms. The summed E-state index contributed by atoms with van der Waals surface area (Å²) in [6, 6.07) is 20.3. The summed E-state index contributed by atoms with van der Waals surface area (Å²) in [5.41, 5.74) is 9.63. The molecule has 0 amide bonds. The molecule has 0 aliphatic heterocycles. The van der Waals surface area contributed by atoms with Crippen LogP contribution in [-0.2, 0) is 13.1 Å². The van der Waals surface area contributed by atoms with Crippen LogP contribution in [0.2, 0.25) is 5.02 Å². The number of nitrogens with zero attached hydrogens (tertiary/aromatic N) is 4. The number of nitrogen functional groups attached to an aromatic ring is 1. The van der Waals surface area contributed by atoms with Gasteiger partial charge in [0.05, 0.1) is 22.6 Å². The van der Waals surface area contributed by atoms with E-state index in [2.05, 4.69) is 20.4 Å². The summed E-state index contributed by atoms with van der Waals surface area (Å²) in [7, 11) is 0. The van der Waals surface area contributed by atoms with E-state index >= 15 is 0 Å². The van der Waals surface area contributed by atoms with Crippen molar-refractivity contribution in [1.29, 1.82) is 0 Å². The van der Waals surface area contributed by atoms with Crippen molar-refractivity contribution in [3.63, 3.8) is 0 Å². The number of fused-ring (bicyclic) bond motifs is 1. The summed E-state index contributed by atoms with van der Waals surface area (Å²) < 4.78 is 29.0. The molecular weight excluding hydrogens is 458 g/mol. The molecule has 9 heteroatoms. The van der Waals surface area contributed by atoms with Crippen molar-refractivity contribution < 1.29 is 8.78 Å². The van der Waals surface area contributed by atoms with E-state index in [0.717, 1.165) is 11.1 Å². The first-order valence-corrected chi connectivity index (χ1v) is 10.9. The van der Waals surface area contributed by atoms with E-state index in [1.54, 1.807) is 22.9 Å². The monoisotopic (exact) mass is 476 g/mol. The Hall–Kier alpha value is -4.04. The number of rotatable bonds is 6. The molecule has 0 unspecified atom stereocenters. The van der Waals surface area contributed by atoms with Crippen LogP contribution in [-0.4, -0.2) is 19.7 Å². The number of nitrogens with one attached hydrogen (secondary N) is 1. The van der Waals surface area contributed by atoms with Gasteiger partial charge in [0.25, 0.3) is 0 Å². The molecule has 0 radical (unpaired) electrons. The Morgan fingerprint density at radius 2 is 1.71 bits per heavy atom. The van der Waals surface area contributed by atoms with Gasteiger partial charge in [0, 0.05) is 12.1 Å². The van der Waals surface area contributed by atoms with Crippen molar-refractivity contribution in [1.82, 2.24) is 19.7 Å². The van der Waals surface area contributed by atoms with Crippen molar-refractivity contribution in [2.45, 2.75) is 13.1 Å². The van der Waals surface area contributed by atoms with Gasteiger partial charge in [-0.25, -0.2) is 18.4 Å². The SMILES string of the molecule is Nc1c2c(-c3ccc(F)c(Cl)c3)nc(NCc3cccc(F)c3)nc2nn1Cc1ccccc1. The van der Waals surface area contributed by atoms with Crippen molar-refractivity contribution >= 4 is 34.4 Å². The first-order valence-electron chi connectivity index (χ1n) is 10.5. The third kappa shape index (κ3) is 4.40. The Labute approximate surface area is 199 Å². The number of aromatic nitrogens is 4. The molecule has 5 aromatic rings. The van der Waals surface area contributed by atoms with Crippen molar-refractivity contribution in [3.05, 3.63) is 101 Å². The highest BCUT2D eigenvalue weighted by atomic mass is 35.5. The maximum absolute atomic E-state index is 13.8. The highest BCUT2D eigenvalue weighted by molar-refractivity contribution is 6.31. The molecule has 5 rings (SSSR count). The van der Waals surface area contributed by atoms with Crippen LogP contribution >= 0.6 is 11.6 Å². The van der Waals surface area contributed by atoms with Gasteiger partial charge in [-0.3, -0.25) is 0 Å². The Morgan fingerprint density at radius 1 is 0.912 bits per heavy atom. The summed E-state index contributed by atoms with van der Waals surface area (Å²) in [6.45, 7) is 0.742. The number of hydrogen-bond acceptors (Lipinski definition) is 5. The smallest absolute Gasteiger partial charge is 0.225 e. The third-order valence-electron chi connectivity index (χ3n) is 5.35. The van der Waals surface area contributed by atoms with Crippen molar-refractivity contribution in [3.8, 4) is 11.3 Å². The fourth-order valence-electron chi connectivity index (χ4n) is 3.69. The standard InChI is InChI=1S/C25H19ClF2N6/c26-19-12-17(9-10-20(19)28)22-21-23(29)34(14-15-5-2-1-3-6-15)33-24(21)32-25(31-22)30-13-16-7-4-8-18(27)11-16/h1-12H,13-14,29H2,(H,30,32,33). The Morgan fingerprint density at radius 3 is 2.47 bits per heavy atom. The number of hydrogen-bond donors (Lipinski definition) is 2. The van der Waals surface area contributed by atoms with E-state index in [-0.39, 0.29) is 16.8 Å². The number of halogens is 3. The van der Waals surface area contributed by atoms with E-state index in [4.69, 9.17) is 17.3 Å². The lowest BCUT2D eigenvalue weighted by atomic mass is 10.1. The number of anilines is 2. The Bertz CT molecular complexity index is 1490. The lowest BCUT2D eigenvalue weighted by Gasteiger charge is -2.09. The maximum atomic E-state index is 13.8. The zero-order chi connectivity index (χ0) is 23.7. The highest BCUT2D eigenvalue weighted by Gasteiger charge is 2.19. The lowest BCUT2D eigenvalue weighted by Crippen LogP contribution is -2.05. The molecule has 2 aromatic heterocycles. The minimum atomic E-state index is -0.534. The molecule has 2 heterocycles. The van der Waals surface area contributed by atoms with Crippen LogP contribution in [0.4, 0.5) is 20.5 Å². The predicted molar refractivity (Wildman–Crippen MR) is 129 cm³/mol. The third-order valence-corrected chi connectivity index (χ3v) is 5.64. The first kappa shape index (κ1) is 21.8. The van der Waals surface area contributed by atoms with Gasteiger partial charge in [-0.05, 0) is 41.5 Å². The van der Waals surface area contributed by atoms with Gasteiger partial charge in [0.1, 0.15) is 17.5 Å². The molecule has 6 nitrogen and oxygen atoms in total. The molecule has 0 aliphatic rings. The average Bonchev–Trinajstić information content (AvgIpc) is 3.14. The molecule has 0 atom stereocenters. The largest absolute Gasteiger partial charge is 0.383 e. The summed E-state index contributed by atoms with van der Waals surface area (Å²) in [5.74, 6) is -0.208. The second-order valence-corrected chi connectivity index (χ2v) is 8.14. The molecule has 0 aliphatic carbocycles. The van der Waals surface area contributed by atoms with E-state index in [0.29, 0.717) is 41.2 Å². The zero-order valence-electron chi connectivity index (χ0n) is 17.8. The van der Waals surface area contributed by atoms with Crippen molar-refractivity contribution in [2.75, 3.05) is 11.1 Å². The minimum Gasteiger partial charge on any atom is -0.383 e. The molecule has 0 spiro atoms. The van der Waals surface area contributed by atoms with E-state index in [9.17, 15) is 8.78 Å². The zero-order valence-corrected chi connectivity index (χ0v) is 18.6. The molecule has 0 saturated heterocycles. The molecule has 0 saturated carbocycles. The molecule has 0 fully saturated rings.